The molecule has 4 aromatic rings. The lowest BCUT2D eigenvalue weighted by atomic mass is 9.79. The first kappa shape index (κ1) is 27.7. The summed E-state index contributed by atoms with van der Waals surface area (Å²) in [7, 11) is -3.72. The second-order valence-electron chi connectivity index (χ2n) is 9.42. The zero-order valence-corrected chi connectivity index (χ0v) is 22.3. The smallest absolute Gasteiger partial charge is 0.333 e. The van der Waals surface area contributed by atoms with Crippen molar-refractivity contribution in [3.8, 4) is 5.69 Å². The minimum absolute atomic E-state index is 0.0264. The van der Waals surface area contributed by atoms with Crippen molar-refractivity contribution in [3.05, 3.63) is 134 Å². The van der Waals surface area contributed by atoms with Crippen LogP contribution in [0.2, 0.25) is 0 Å². The topological polar surface area (TPSA) is 117 Å². The van der Waals surface area contributed by atoms with Crippen LogP contribution in [0.3, 0.4) is 0 Å². The van der Waals surface area contributed by atoms with Gasteiger partial charge in [-0.1, -0.05) is 72.8 Å². The van der Waals surface area contributed by atoms with Gasteiger partial charge in [0.1, 0.15) is 17.8 Å². The molecule has 1 aromatic heterocycles. The molecule has 0 spiro atoms. The number of ether oxygens (including phenoxy) is 2. The van der Waals surface area contributed by atoms with Gasteiger partial charge in [-0.3, -0.25) is 18.5 Å². The lowest BCUT2D eigenvalue weighted by Gasteiger charge is -2.37. The Hall–Kier alpha value is -3.90. The summed E-state index contributed by atoms with van der Waals surface area (Å²) in [5, 5.41) is 0. The van der Waals surface area contributed by atoms with E-state index in [1.54, 1.807) is 18.2 Å². The number of rotatable bonds is 9. The van der Waals surface area contributed by atoms with E-state index in [-0.39, 0.29) is 6.61 Å². The predicted molar refractivity (Wildman–Crippen MR) is 145 cm³/mol. The number of benzene rings is 3. The third-order valence-corrected chi connectivity index (χ3v) is 7.30. The molecule has 11 heteroatoms. The lowest BCUT2D eigenvalue weighted by Crippen LogP contribution is -2.39. The van der Waals surface area contributed by atoms with Crippen LogP contribution in [0.1, 0.15) is 23.1 Å². The van der Waals surface area contributed by atoms with Gasteiger partial charge >= 0.3 is 5.69 Å². The van der Waals surface area contributed by atoms with Crippen LogP contribution in [0.5, 0.6) is 0 Å². The van der Waals surface area contributed by atoms with E-state index >= 15 is 0 Å². The van der Waals surface area contributed by atoms with Gasteiger partial charge in [-0.05, 0) is 28.8 Å². The summed E-state index contributed by atoms with van der Waals surface area (Å²) >= 11 is 0. The lowest BCUT2D eigenvalue weighted by molar-refractivity contribution is -0.0649. The molecular formula is C29H27FN2O7S. The van der Waals surface area contributed by atoms with E-state index in [2.05, 4.69) is 0 Å². The van der Waals surface area contributed by atoms with Crippen LogP contribution in [-0.4, -0.2) is 49.6 Å². The van der Waals surface area contributed by atoms with Crippen LogP contribution in [0.15, 0.2) is 101 Å². The maximum absolute atomic E-state index is 14.2. The number of hydrogen-bond acceptors (Lipinski definition) is 7. The summed E-state index contributed by atoms with van der Waals surface area (Å²) in [4.78, 5) is 26.2. The maximum Gasteiger partial charge on any atom is 0.333 e. The van der Waals surface area contributed by atoms with E-state index in [0.29, 0.717) is 24.3 Å². The molecule has 40 heavy (non-hydrogen) atoms. The SMILES string of the molecule is CS(=O)(=O)OC1CCOC1COC(c1ccccc1)(c1ccccc1)c1cccc(-n2cc(F)c(=O)[nH]c2=O)c1. The van der Waals surface area contributed by atoms with E-state index in [4.69, 9.17) is 13.7 Å². The third kappa shape index (κ3) is 5.68. The van der Waals surface area contributed by atoms with Crippen LogP contribution in [0.4, 0.5) is 4.39 Å². The van der Waals surface area contributed by atoms with Crippen LogP contribution >= 0.6 is 0 Å². The van der Waals surface area contributed by atoms with E-state index in [1.807, 2.05) is 71.7 Å². The Bertz CT molecular complexity index is 1670. The number of H-pyrrole nitrogens is 1. The molecule has 2 heterocycles. The molecule has 0 amide bonds. The molecule has 5 rings (SSSR count). The van der Waals surface area contributed by atoms with Crippen molar-refractivity contribution in [2.75, 3.05) is 19.5 Å². The Morgan fingerprint density at radius 3 is 2.23 bits per heavy atom. The molecule has 0 saturated carbocycles. The number of halogens is 1. The van der Waals surface area contributed by atoms with E-state index in [0.717, 1.165) is 28.1 Å². The number of nitrogens with zero attached hydrogens (tertiary/aromatic N) is 1. The van der Waals surface area contributed by atoms with Gasteiger partial charge in [0.15, 0.2) is 0 Å². The fourth-order valence-electron chi connectivity index (χ4n) is 4.94. The van der Waals surface area contributed by atoms with Crippen molar-refractivity contribution < 1.29 is 26.5 Å². The molecule has 1 aliphatic heterocycles. The Morgan fingerprint density at radius 1 is 0.975 bits per heavy atom. The normalized spacial score (nSPS) is 17.6. The van der Waals surface area contributed by atoms with Crippen LogP contribution in [0.25, 0.3) is 5.69 Å². The van der Waals surface area contributed by atoms with Crippen molar-refractivity contribution in [3.63, 3.8) is 0 Å². The Labute approximate surface area is 229 Å². The third-order valence-electron chi connectivity index (χ3n) is 6.70. The van der Waals surface area contributed by atoms with Gasteiger partial charge < -0.3 is 9.47 Å². The highest BCUT2D eigenvalue weighted by Gasteiger charge is 2.41. The largest absolute Gasteiger partial charge is 0.373 e. The second kappa shape index (κ2) is 11.3. The van der Waals surface area contributed by atoms with Crippen molar-refractivity contribution >= 4 is 10.1 Å². The van der Waals surface area contributed by atoms with Crippen LogP contribution < -0.4 is 11.2 Å². The first-order chi connectivity index (χ1) is 19.2. The van der Waals surface area contributed by atoms with Crippen molar-refractivity contribution in [2.24, 2.45) is 0 Å². The molecule has 0 aliphatic carbocycles. The van der Waals surface area contributed by atoms with E-state index in [9.17, 15) is 22.4 Å². The minimum Gasteiger partial charge on any atom is -0.373 e. The average Bonchev–Trinajstić information content (AvgIpc) is 3.37. The monoisotopic (exact) mass is 566 g/mol. The van der Waals surface area contributed by atoms with E-state index < -0.39 is 45.0 Å². The number of aromatic nitrogens is 2. The van der Waals surface area contributed by atoms with Crippen molar-refractivity contribution in [1.82, 2.24) is 9.55 Å². The first-order valence-corrected chi connectivity index (χ1v) is 14.4. The molecule has 2 unspecified atom stereocenters. The number of hydrogen-bond donors (Lipinski definition) is 1. The van der Waals surface area contributed by atoms with Gasteiger partial charge in [0, 0.05) is 13.0 Å². The average molecular weight is 567 g/mol. The van der Waals surface area contributed by atoms with Gasteiger partial charge in [0.2, 0.25) is 5.82 Å². The molecule has 1 N–H and O–H groups in total. The summed E-state index contributed by atoms with van der Waals surface area (Å²) in [6.07, 6.45) is 0.844. The molecule has 208 valence electrons. The molecule has 1 fully saturated rings. The second-order valence-corrected chi connectivity index (χ2v) is 11.0. The van der Waals surface area contributed by atoms with Gasteiger partial charge in [-0.2, -0.15) is 12.8 Å². The van der Waals surface area contributed by atoms with E-state index in [1.165, 1.54) is 0 Å². The zero-order valence-electron chi connectivity index (χ0n) is 21.5. The van der Waals surface area contributed by atoms with Crippen LogP contribution in [-0.2, 0) is 29.4 Å². The summed E-state index contributed by atoms with van der Waals surface area (Å²) < 4.78 is 56.7. The molecule has 2 atom stereocenters. The summed E-state index contributed by atoms with van der Waals surface area (Å²) in [6.45, 7) is 0.287. The molecule has 0 radical (unpaired) electrons. The summed E-state index contributed by atoms with van der Waals surface area (Å²) in [5.41, 5.74) is -0.772. The predicted octanol–water partition coefficient (Wildman–Crippen LogP) is 3.11. The van der Waals surface area contributed by atoms with Crippen molar-refractivity contribution in [1.29, 1.82) is 0 Å². The summed E-state index contributed by atoms with van der Waals surface area (Å²) in [6, 6.07) is 25.6. The quantitative estimate of drug-likeness (QED) is 0.244. The van der Waals surface area contributed by atoms with Crippen molar-refractivity contribution in [2.45, 2.75) is 24.2 Å². The molecule has 1 aliphatic rings. The fraction of sp³-hybridized carbons (Fsp3) is 0.241. The Morgan fingerprint density at radius 2 is 1.60 bits per heavy atom. The van der Waals surface area contributed by atoms with Gasteiger partial charge in [0.25, 0.3) is 15.7 Å². The highest BCUT2D eigenvalue weighted by atomic mass is 32.2. The molecular weight excluding hydrogens is 539 g/mol. The molecule has 9 nitrogen and oxygen atoms in total. The van der Waals surface area contributed by atoms with Crippen LogP contribution in [0, 0.1) is 5.82 Å². The summed E-state index contributed by atoms with van der Waals surface area (Å²) in [5.74, 6) is -1.10. The Kier molecular flexibility index (Phi) is 7.81. The Balaban J connectivity index is 1.66. The van der Waals surface area contributed by atoms with Gasteiger partial charge in [-0.15, -0.1) is 0 Å². The number of nitrogens with one attached hydrogen (secondary N) is 1. The molecule has 3 aromatic carbocycles. The number of aromatic amines is 1. The fourth-order valence-corrected chi connectivity index (χ4v) is 5.61. The van der Waals surface area contributed by atoms with Gasteiger partial charge in [0.05, 0.1) is 24.7 Å². The standard InChI is InChI=1S/C29H27FN2O7S/c1-40(35,36)39-25-15-16-37-26(25)19-38-29(20-9-4-2-5-10-20,21-11-6-3-7-12-21)22-13-8-14-23(17-22)32-18-24(30)27(33)31-28(32)34/h2-14,17-18,25-26H,15-16,19H2,1H3,(H,31,33,34). The zero-order chi connectivity index (χ0) is 28.3. The molecule has 1 saturated heterocycles. The van der Waals surface area contributed by atoms with Gasteiger partial charge in [-0.25, -0.2) is 4.79 Å². The highest BCUT2D eigenvalue weighted by Crippen LogP contribution is 2.41. The first-order valence-electron chi connectivity index (χ1n) is 12.5. The molecule has 0 bridgehead atoms. The maximum atomic E-state index is 14.2. The highest BCUT2D eigenvalue weighted by molar-refractivity contribution is 7.86. The minimum atomic E-state index is -3.72.